The first-order valence-electron chi connectivity index (χ1n) is 19.0. The lowest BCUT2D eigenvalue weighted by Crippen LogP contribution is -2.67. The molecule has 3 aromatic carbocycles. The lowest BCUT2D eigenvalue weighted by molar-refractivity contribution is -0.198. The van der Waals surface area contributed by atoms with Gasteiger partial charge in [0.05, 0.1) is 13.2 Å². The summed E-state index contributed by atoms with van der Waals surface area (Å²) in [5.41, 5.74) is 0.253. The number of esters is 1. The van der Waals surface area contributed by atoms with E-state index >= 15 is 0 Å². The van der Waals surface area contributed by atoms with Crippen LogP contribution in [0.3, 0.4) is 0 Å². The van der Waals surface area contributed by atoms with Crippen LogP contribution in [0.1, 0.15) is 79.2 Å². The van der Waals surface area contributed by atoms with Crippen molar-refractivity contribution in [3.05, 3.63) is 96.3 Å². The van der Waals surface area contributed by atoms with E-state index in [0.717, 1.165) is 24.8 Å². The highest BCUT2D eigenvalue weighted by Crippen LogP contribution is 2.54. The number of carbonyl (C=O) groups is 1. The largest absolute Gasteiger partial charge is 0.469 e. The molecule has 1 saturated carbocycles. The maximum atomic E-state index is 14.6. The zero-order chi connectivity index (χ0) is 37.8. The van der Waals surface area contributed by atoms with Crippen molar-refractivity contribution in [3.8, 4) is 0 Å². The zero-order valence-corrected chi connectivity index (χ0v) is 34.9. The van der Waals surface area contributed by atoms with Crippen LogP contribution in [0.15, 0.2) is 84.9 Å². The van der Waals surface area contributed by atoms with E-state index in [2.05, 4.69) is 103 Å². The van der Waals surface area contributed by atoms with Crippen LogP contribution in [-0.4, -0.2) is 61.9 Å². The van der Waals surface area contributed by atoms with Crippen LogP contribution < -0.4 is 10.4 Å². The molecule has 1 aliphatic carbocycles. The first-order valence-corrected chi connectivity index (χ1v) is 23.8. The lowest BCUT2D eigenvalue weighted by atomic mass is 9.69. The van der Waals surface area contributed by atoms with Crippen molar-refractivity contribution in [2.75, 3.05) is 26.9 Å². The Labute approximate surface area is 314 Å². The minimum Gasteiger partial charge on any atom is -0.469 e. The molecule has 2 aliphatic rings. The number of halogens is 1. The Morgan fingerprint density at radius 1 is 0.846 bits per heavy atom. The second-order valence-corrected chi connectivity index (χ2v) is 26.5. The van der Waals surface area contributed by atoms with E-state index in [1.807, 2.05) is 24.3 Å². The van der Waals surface area contributed by atoms with Gasteiger partial charge in [0.25, 0.3) is 8.32 Å². The second kappa shape index (κ2) is 16.4. The minimum atomic E-state index is -2.96. The molecule has 0 bridgehead atoms. The van der Waals surface area contributed by atoms with Crippen LogP contribution in [0.2, 0.25) is 23.2 Å². The molecule has 1 unspecified atom stereocenters. The molecule has 284 valence electrons. The molecule has 0 aromatic heterocycles. The molecule has 6 nitrogen and oxygen atoms in total. The Morgan fingerprint density at radius 3 is 1.94 bits per heavy atom. The van der Waals surface area contributed by atoms with Gasteiger partial charge < -0.3 is 23.1 Å². The fraction of sp³-hybridized carbons (Fsp3) is 0.558. The summed E-state index contributed by atoms with van der Waals surface area (Å²) in [5, 5.41) is 2.10. The Bertz CT molecular complexity index is 1540. The van der Waals surface area contributed by atoms with Crippen LogP contribution >= 0.6 is 0 Å². The molecule has 0 radical (unpaired) electrons. The summed E-state index contributed by atoms with van der Waals surface area (Å²) >= 11 is 0. The van der Waals surface area contributed by atoms with Gasteiger partial charge in [0.15, 0.2) is 14.6 Å². The van der Waals surface area contributed by atoms with Gasteiger partial charge in [0.2, 0.25) is 0 Å². The van der Waals surface area contributed by atoms with Gasteiger partial charge in [-0.15, -0.1) is 0 Å². The van der Waals surface area contributed by atoms with Gasteiger partial charge in [-0.2, -0.15) is 0 Å². The third kappa shape index (κ3) is 8.50. The molecule has 2 fully saturated rings. The molecule has 1 heterocycles. The molecule has 5 atom stereocenters. The molecule has 1 aliphatic heterocycles. The quantitative estimate of drug-likeness (QED) is 0.129. The molecule has 5 rings (SSSR count). The first-order chi connectivity index (χ1) is 24.5. The highest BCUT2D eigenvalue weighted by Gasteiger charge is 2.59. The van der Waals surface area contributed by atoms with Crippen molar-refractivity contribution in [3.63, 3.8) is 0 Å². The van der Waals surface area contributed by atoms with Crippen molar-refractivity contribution >= 4 is 33.0 Å². The maximum Gasteiger partial charge on any atom is 0.305 e. The van der Waals surface area contributed by atoms with Crippen LogP contribution in [-0.2, 0) is 33.3 Å². The van der Waals surface area contributed by atoms with Crippen molar-refractivity contribution in [2.24, 2.45) is 11.8 Å². The number of methoxy groups -OCH3 is 1. The van der Waals surface area contributed by atoms with E-state index in [9.17, 15) is 9.18 Å². The van der Waals surface area contributed by atoms with Gasteiger partial charge in [-0.05, 0) is 82.8 Å². The molecule has 0 amide bonds. The molecule has 1 saturated heterocycles. The van der Waals surface area contributed by atoms with E-state index < -0.39 is 22.0 Å². The highest BCUT2D eigenvalue weighted by molar-refractivity contribution is 6.99. The Hall–Kier alpha value is -2.67. The number of carbonyl (C=O) groups excluding carboxylic acids is 1. The average molecular weight is 749 g/mol. The number of hydrogen-bond acceptors (Lipinski definition) is 6. The number of rotatable bonds is 13. The summed E-state index contributed by atoms with van der Waals surface area (Å²) in [6.07, 6.45) is 2.91. The summed E-state index contributed by atoms with van der Waals surface area (Å²) in [5.74, 6) is -1.11. The van der Waals surface area contributed by atoms with E-state index in [-0.39, 0.29) is 52.5 Å². The van der Waals surface area contributed by atoms with Gasteiger partial charge in [-0.3, -0.25) is 4.79 Å². The summed E-state index contributed by atoms with van der Waals surface area (Å²) in [6, 6.07) is 28.0. The summed E-state index contributed by atoms with van der Waals surface area (Å²) in [7, 11) is -3.78. The first kappa shape index (κ1) is 40.5. The standard InChI is InChI=1S/C43H61FO6Si2/c1-41(2,3)51(8,9)49-31-43(32-23-25-33(44)26-24-32)29-38(50-40-22-16-17-27-47-40)36(37(43)28-39(45)46-7)30-48-52(42(4,5)6,34-18-12-10-13-19-34)35-20-14-11-15-21-35/h10-15,18-21,23-26,36-38,40H,16-17,22,27-31H2,1-9H3/t36-,37-,38-,40?,43-/m0/s1. The Kier molecular flexibility index (Phi) is 12.8. The number of hydrogen-bond donors (Lipinski definition) is 0. The Balaban J connectivity index is 1.68. The number of ether oxygens (including phenoxy) is 3. The SMILES string of the molecule is COC(=O)C[C@H]1[C@H](CO[Si](c2ccccc2)(c2ccccc2)C(C)(C)C)[C@@H](OC2CCCCO2)C[C@]1(CO[Si](C)(C)C(C)(C)C)c1ccc(F)cc1. The molecule has 9 heteroatoms. The molecular formula is C43H61FO6Si2. The summed E-state index contributed by atoms with van der Waals surface area (Å²) in [4.78, 5) is 13.5. The van der Waals surface area contributed by atoms with Crippen molar-refractivity contribution < 1.29 is 32.2 Å². The average Bonchev–Trinajstić information content (AvgIpc) is 3.40. The third-order valence-electron chi connectivity index (χ3n) is 12.2. The maximum absolute atomic E-state index is 14.6. The van der Waals surface area contributed by atoms with Gasteiger partial charge in [0, 0.05) is 37.6 Å². The van der Waals surface area contributed by atoms with Crippen molar-refractivity contribution in [1.29, 1.82) is 0 Å². The fourth-order valence-corrected chi connectivity index (χ4v) is 13.8. The predicted molar refractivity (Wildman–Crippen MR) is 211 cm³/mol. The monoisotopic (exact) mass is 748 g/mol. The van der Waals surface area contributed by atoms with Crippen LogP contribution in [0.4, 0.5) is 4.39 Å². The third-order valence-corrected chi connectivity index (χ3v) is 21.7. The van der Waals surface area contributed by atoms with E-state index in [1.54, 1.807) is 0 Å². The molecule has 0 spiro atoms. The van der Waals surface area contributed by atoms with Crippen LogP contribution in [0.5, 0.6) is 0 Å². The minimum absolute atomic E-state index is 0.0366. The van der Waals surface area contributed by atoms with Crippen molar-refractivity contribution in [2.45, 2.75) is 115 Å². The number of benzene rings is 3. The molecule has 3 aromatic rings. The summed E-state index contributed by atoms with van der Waals surface area (Å²) in [6.45, 7) is 19.4. The van der Waals surface area contributed by atoms with Crippen LogP contribution in [0.25, 0.3) is 0 Å². The smallest absolute Gasteiger partial charge is 0.305 e. The van der Waals surface area contributed by atoms with E-state index in [0.29, 0.717) is 26.2 Å². The van der Waals surface area contributed by atoms with Gasteiger partial charge in [0.1, 0.15) is 5.82 Å². The fourth-order valence-electron chi connectivity index (χ4n) is 8.20. The van der Waals surface area contributed by atoms with Crippen LogP contribution in [0, 0.1) is 17.7 Å². The van der Waals surface area contributed by atoms with E-state index in [1.165, 1.54) is 29.6 Å². The van der Waals surface area contributed by atoms with Crippen molar-refractivity contribution in [1.82, 2.24) is 0 Å². The zero-order valence-electron chi connectivity index (χ0n) is 32.9. The normalized spacial score (nSPS) is 24.5. The summed E-state index contributed by atoms with van der Waals surface area (Å²) < 4.78 is 47.9. The van der Waals surface area contributed by atoms with Gasteiger partial charge in [-0.25, -0.2) is 4.39 Å². The Morgan fingerprint density at radius 2 is 1.44 bits per heavy atom. The molecular weight excluding hydrogens is 688 g/mol. The van der Waals surface area contributed by atoms with E-state index in [4.69, 9.17) is 23.1 Å². The van der Waals surface area contributed by atoms with Gasteiger partial charge in [-0.1, -0.05) is 114 Å². The molecule has 52 heavy (non-hydrogen) atoms. The second-order valence-electron chi connectivity index (χ2n) is 17.4. The lowest BCUT2D eigenvalue weighted by Gasteiger charge is -2.45. The van der Waals surface area contributed by atoms with Gasteiger partial charge >= 0.3 is 5.97 Å². The highest BCUT2D eigenvalue weighted by atomic mass is 28.4. The molecule has 0 N–H and O–H groups in total. The predicted octanol–water partition coefficient (Wildman–Crippen LogP) is 8.77. The topological polar surface area (TPSA) is 63.2 Å².